The lowest BCUT2D eigenvalue weighted by Crippen LogP contribution is -2.60. The number of hydrogen-bond donors (Lipinski definition) is 1. The van der Waals surface area contributed by atoms with Crippen LogP contribution in [0.2, 0.25) is 0 Å². The number of ether oxygens (including phenoxy) is 1. The fourth-order valence-electron chi connectivity index (χ4n) is 2.77. The smallest absolute Gasteiger partial charge is 0.377 e. The van der Waals surface area contributed by atoms with Gasteiger partial charge in [0.15, 0.2) is 0 Å². The largest absolute Gasteiger partial charge is 0.428 e. The minimum atomic E-state index is -5.82. The molecule has 8 heteroatoms. The lowest BCUT2D eigenvalue weighted by Gasteiger charge is -2.32. The van der Waals surface area contributed by atoms with Gasteiger partial charge in [0.2, 0.25) is 0 Å². The standard InChI is InChI=1S/C12H14F6O2/c13-11(14,15)10(19,12(16,17)18)6-20-5-9-4-7-1-2-8(9)3-7/h1-2,7-9,19H,3-6H2. The van der Waals surface area contributed by atoms with Crippen molar-refractivity contribution in [3.05, 3.63) is 12.2 Å². The first-order valence-corrected chi connectivity index (χ1v) is 6.16. The van der Waals surface area contributed by atoms with Gasteiger partial charge in [0.05, 0.1) is 13.2 Å². The summed E-state index contributed by atoms with van der Waals surface area (Å²) in [5.74, 6) is 0.429. The van der Waals surface area contributed by atoms with E-state index in [-0.39, 0.29) is 18.4 Å². The molecule has 2 bridgehead atoms. The van der Waals surface area contributed by atoms with Crippen molar-refractivity contribution < 1.29 is 36.2 Å². The van der Waals surface area contributed by atoms with Crippen LogP contribution in [-0.4, -0.2) is 36.3 Å². The zero-order chi connectivity index (χ0) is 15.2. The van der Waals surface area contributed by atoms with E-state index >= 15 is 0 Å². The van der Waals surface area contributed by atoms with Crippen LogP contribution in [0.3, 0.4) is 0 Å². The van der Waals surface area contributed by atoms with Gasteiger partial charge in [0, 0.05) is 0 Å². The SMILES string of the molecule is OC(COCC1CC2C=CC1C2)(C(F)(F)F)C(F)(F)F. The normalized spacial score (nSPS) is 30.2. The topological polar surface area (TPSA) is 29.5 Å². The molecule has 20 heavy (non-hydrogen) atoms. The van der Waals surface area contributed by atoms with E-state index in [1.165, 1.54) is 0 Å². The summed E-state index contributed by atoms with van der Waals surface area (Å²) in [6, 6.07) is 0. The van der Waals surface area contributed by atoms with E-state index in [1.54, 1.807) is 0 Å². The molecule has 0 aromatic carbocycles. The molecule has 2 aliphatic carbocycles. The molecule has 0 spiro atoms. The van der Waals surface area contributed by atoms with Gasteiger partial charge in [0.1, 0.15) is 0 Å². The minimum absolute atomic E-state index is 0.0734. The van der Waals surface area contributed by atoms with Crippen LogP contribution in [0.25, 0.3) is 0 Å². The monoisotopic (exact) mass is 304 g/mol. The Hall–Kier alpha value is -0.760. The number of fused-ring (bicyclic) bond motifs is 2. The van der Waals surface area contributed by atoms with Crippen LogP contribution >= 0.6 is 0 Å². The van der Waals surface area contributed by atoms with Crippen LogP contribution in [-0.2, 0) is 4.74 Å². The average molecular weight is 304 g/mol. The van der Waals surface area contributed by atoms with Gasteiger partial charge in [-0.05, 0) is 30.6 Å². The molecule has 3 atom stereocenters. The molecule has 0 radical (unpaired) electrons. The van der Waals surface area contributed by atoms with Gasteiger partial charge in [-0.15, -0.1) is 0 Å². The first kappa shape index (κ1) is 15.6. The number of halogens is 6. The molecule has 0 aliphatic heterocycles. The van der Waals surface area contributed by atoms with Crippen LogP contribution in [0.5, 0.6) is 0 Å². The maximum absolute atomic E-state index is 12.4. The number of alkyl halides is 6. The highest BCUT2D eigenvalue weighted by Gasteiger charge is 2.70. The fourth-order valence-corrected chi connectivity index (χ4v) is 2.77. The van der Waals surface area contributed by atoms with Crippen molar-refractivity contribution in [1.82, 2.24) is 0 Å². The quantitative estimate of drug-likeness (QED) is 0.639. The summed E-state index contributed by atoms with van der Waals surface area (Å²) >= 11 is 0. The summed E-state index contributed by atoms with van der Waals surface area (Å²) in [7, 11) is 0. The predicted octanol–water partition coefficient (Wildman–Crippen LogP) is 3.07. The minimum Gasteiger partial charge on any atom is -0.377 e. The maximum Gasteiger partial charge on any atom is 0.428 e. The average Bonchev–Trinajstić information content (AvgIpc) is 2.87. The van der Waals surface area contributed by atoms with Gasteiger partial charge in [-0.25, -0.2) is 0 Å². The number of rotatable bonds is 4. The van der Waals surface area contributed by atoms with Gasteiger partial charge in [-0.2, -0.15) is 26.3 Å². The van der Waals surface area contributed by atoms with Crippen LogP contribution < -0.4 is 0 Å². The van der Waals surface area contributed by atoms with E-state index < -0.39 is 24.6 Å². The van der Waals surface area contributed by atoms with E-state index in [9.17, 15) is 26.3 Å². The molecule has 1 saturated carbocycles. The highest BCUT2D eigenvalue weighted by atomic mass is 19.4. The van der Waals surface area contributed by atoms with Crippen molar-refractivity contribution in [1.29, 1.82) is 0 Å². The summed E-state index contributed by atoms with van der Waals surface area (Å²) in [5.41, 5.74) is -4.81. The Morgan fingerprint density at radius 1 is 1.00 bits per heavy atom. The second-order valence-corrected chi connectivity index (χ2v) is 5.41. The Morgan fingerprint density at radius 3 is 2.00 bits per heavy atom. The first-order chi connectivity index (χ1) is 9.04. The summed E-state index contributed by atoms with van der Waals surface area (Å²) in [5, 5.41) is 8.90. The Balaban J connectivity index is 1.92. The van der Waals surface area contributed by atoms with E-state index in [2.05, 4.69) is 4.74 Å². The second kappa shape index (κ2) is 4.91. The second-order valence-electron chi connectivity index (χ2n) is 5.41. The lowest BCUT2D eigenvalue weighted by molar-refractivity contribution is -0.378. The zero-order valence-corrected chi connectivity index (χ0v) is 10.3. The van der Waals surface area contributed by atoms with E-state index in [1.807, 2.05) is 12.2 Å². The lowest BCUT2D eigenvalue weighted by atomic mass is 9.94. The molecule has 2 rings (SSSR count). The molecular formula is C12H14F6O2. The number of hydrogen-bond acceptors (Lipinski definition) is 2. The van der Waals surface area contributed by atoms with Gasteiger partial charge >= 0.3 is 12.4 Å². The summed E-state index contributed by atoms with van der Waals surface area (Å²) < 4.78 is 78.9. The van der Waals surface area contributed by atoms with Gasteiger partial charge in [-0.3, -0.25) is 0 Å². The zero-order valence-electron chi connectivity index (χ0n) is 10.3. The third-order valence-corrected chi connectivity index (χ3v) is 4.00. The van der Waals surface area contributed by atoms with E-state index in [0.717, 1.165) is 6.42 Å². The van der Waals surface area contributed by atoms with Crippen LogP contribution in [0.4, 0.5) is 26.3 Å². The van der Waals surface area contributed by atoms with Crippen LogP contribution in [0.15, 0.2) is 12.2 Å². The molecule has 0 heterocycles. The molecule has 1 N–H and O–H groups in total. The molecule has 0 aromatic heterocycles. The Labute approximate surface area is 111 Å². The Kier molecular flexibility index (Phi) is 3.83. The number of aliphatic hydroxyl groups is 1. The molecule has 2 nitrogen and oxygen atoms in total. The predicted molar refractivity (Wildman–Crippen MR) is 56.7 cm³/mol. The van der Waals surface area contributed by atoms with Crippen molar-refractivity contribution in [2.24, 2.45) is 17.8 Å². The van der Waals surface area contributed by atoms with E-state index in [4.69, 9.17) is 5.11 Å². The molecule has 3 unspecified atom stereocenters. The fraction of sp³-hybridized carbons (Fsp3) is 0.833. The third-order valence-electron chi connectivity index (χ3n) is 4.00. The summed E-state index contributed by atoms with van der Waals surface area (Å²) in [6.07, 6.45) is -6.14. The van der Waals surface area contributed by atoms with Gasteiger partial charge < -0.3 is 9.84 Å². The van der Waals surface area contributed by atoms with Crippen LogP contribution in [0, 0.1) is 17.8 Å². The van der Waals surface area contributed by atoms with Crippen molar-refractivity contribution in [2.45, 2.75) is 30.8 Å². The molecule has 0 aromatic rings. The maximum atomic E-state index is 12.4. The van der Waals surface area contributed by atoms with Gasteiger partial charge in [-0.1, -0.05) is 12.2 Å². The molecule has 116 valence electrons. The molecular weight excluding hydrogens is 290 g/mol. The Morgan fingerprint density at radius 2 is 1.60 bits per heavy atom. The van der Waals surface area contributed by atoms with Crippen molar-refractivity contribution in [2.75, 3.05) is 13.2 Å². The van der Waals surface area contributed by atoms with Crippen molar-refractivity contribution in [3.8, 4) is 0 Å². The molecule has 2 aliphatic rings. The van der Waals surface area contributed by atoms with Crippen molar-refractivity contribution >= 4 is 0 Å². The third kappa shape index (κ3) is 2.67. The molecule has 1 fully saturated rings. The highest BCUT2D eigenvalue weighted by molar-refractivity contribution is 5.10. The number of allylic oxidation sites excluding steroid dienone is 2. The first-order valence-electron chi connectivity index (χ1n) is 6.16. The molecule has 0 saturated heterocycles. The summed E-state index contributed by atoms with van der Waals surface area (Å²) in [4.78, 5) is 0. The van der Waals surface area contributed by atoms with Gasteiger partial charge in [0.25, 0.3) is 5.60 Å². The van der Waals surface area contributed by atoms with Crippen LogP contribution in [0.1, 0.15) is 12.8 Å². The summed E-state index contributed by atoms with van der Waals surface area (Å²) in [6.45, 7) is -2.03. The highest BCUT2D eigenvalue weighted by Crippen LogP contribution is 2.45. The molecule has 0 amide bonds. The van der Waals surface area contributed by atoms with E-state index in [0.29, 0.717) is 12.3 Å². The Bertz CT molecular complexity index is 372. The van der Waals surface area contributed by atoms with Crippen molar-refractivity contribution in [3.63, 3.8) is 0 Å².